The third-order valence-corrected chi connectivity index (χ3v) is 1.89. The summed E-state index contributed by atoms with van der Waals surface area (Å²) in [5.41, 5.74) is -2.93. The summed E-state index contributed by atoms with van der Waals surface area (Å²) in [4.78, 5) is 3.39. The van der Waals surface area contributed by atoms with E-state index < -0.39 is 23.5 Å². The Hall–Kier alpha value is -1.53. The van der Waals surface area contributed by atoms with Crippen LogP contribution in [0.2, 0.25) is 0 Å². The van der Waals surface area contributed by atoms with E-state index >= 15 is 0 Å². The zero-order valence-corrected chi connectivity index (χ0v) is 8.52. The predicted octanol–water partition coefficient (Wildman–Crippen LogP) is 3.77. The molecule has 0 amide bonds. The minimum absolute atomic E-state index is 0.0764. The maximum absolute atomic E-state index is 12.4. The molecule has 0 heterocycles. The van der Waals surface area contributed by atoms with E-state index in [-0.39, 0.29) is 11.6 Å². The zero-order chi connectivity index (χ0) is 13.3. The Kier molecular flexibility index (Phi) is 3.49. The van der Waals surface area contributed by atoms with E-state index in [9.17, 15) is 26.3 Å². The molecule has 0 spiro atoms. The topological polar surface area (TPSA) is 12.4 Å². The van der Waals surface area contributed by atoms with E-state index in [2.05, 4.69) is 4.99 Å². The minimum Gasteiger partial charge on any atom is -0.296 e. The van der Waals surface area contributed by atoms with Crippen molar-refractivity contribution in [2.75, 3.05) is 7.05 Å². The van der Waals surface area contributed by atoms with Crippen molar-refractivity contribution in [1.29, 1.82) is 0 Å². The largest absolute Gasteiger partial charge is 0.416 e. The molecular formula is C10H7F6N. The van der Waals surface area contributed by atoms with Gasteiger partial charge in [0.2, 0.25) is 0 Å². The highest BCUT2D eigenvalue weighted by Gasteiger charge is 2.36. The fraction of sp³-hybridized carbons (Fsp3) is 0.300. The summed E-state index contributed by atoms with van der Waals surface area (Å²) in [6, 6.07) is 1.30. The number of alkyl halides is 6. The van der Waals surface area contributed by atoms with Crippen molar-refractivity contribution in [3.8, 4) is 0 Å². The molecule has 0 radical (unpaired) electrons. The Labute approximate surface area is 92.8 Å². The van der Waals surface area contributed by atoms with Crippen LogP contribution < -0.4 is 0 Å². The number of rotatable bonds is 1. The van der Waals surface area contributed by atoms with Crippen LogP contribution in [-0.2, 0) is 12.4 Å². The van der Waals surface area contributed by atoms with Crippen LogP contribution in [0.1, 0.15) is 16.7 Å². The van der Waals surface area contributed by atoms with Gasteiger partial charge in [0.15, 0.2) is 0 Å². The molecule has 0 bridgehead atoms. The van der Waals surface area contributed by atoms with Crippen molar-refractivity contribution in [2.24, 2.45) is 4.99 Å². The van der Waals surface area contributed by atoms with Gasteiger partial charge in [-0.2, -0.15) is 26.3 Å². The molecule has 0 N–H and O–H groups in total. The lowest BCUT2D eigenvalue weighted by molar-refractivity contribution is -0.143. The second kappa shape index (κ2) is 4.38. The summed E-state index contributed by atoms with van der Waals surface area (Å²) in [7, 11) is 1.26. The number of nitrogens with zero attached hydrogens (tertiary/aromatic N) is 1. The standard InChI is InChI=1S/C10H7F6N/c1-17-5-6-2-7(9(11,12)13)4-8(3-6)10(14,15)16/h2-5H,1H3. The third kappa shape index (κ3) is 3.47. The van der Waals surface area contributed by atoms with Gasteiger partial charge >= 0.3 is 12.4 Å². The van der Waals surface area contributed by atoms with Crippen molar-refractivity contribution < 1.29 is 26.3 Å². The molecule has 1 nitrogen and oxygen atoms in total. The first-order valence-electron chi connectivity index (χ1n) is 4.36. The van der Waals surface area contributed by atoms with Gasteiger partial charge in [0.05, 0.1) is 11.1 Å². The van der Waals surface area contributed by atoms with Crippen molar-refractivity contribution in [3.05, 3.63) is 34.9 Å². The first-order valence-corrected chi connectivity index (χ1v) is 4.36. The SMILES string of the molecule is CN=Cc1cc(C(F)(F)F)cc(C(F)(F)F)c1. The average molecular weight is 255 g/mol. The van der Waals surface area contributed by atoms with Gasteiger partial charge in [0, 0.05) is 13.3 Å². The monoisotopic (exact) mass is 255 g/mol. The first-order chi connectivity index (χ1) is 7.64. The third-order valence-electron chi connectivity index (χ3n) is 1.89. The van der Waals surface area contributed by atoms with Crippen LogP contribution in [0.5, 0.6) is 0 Å². The summed E-state index contributed by atoms with van der Waals surface area (Å²) in [6.45, 7) is 0. The van der Waals surface area contributed by atoms with E-state index in [1.54, 1.807) is 0 Å². The molecule has 0 fully saturated rings. The molecule has 1 rings (SSSR count). The molecule has 0 saturated carbocycles. The quantitative estimate of drug-likeness (QED) is 0.535. The van der Waals surface area contributed by atoms with Crippen LogP contribution in [0, 0.1) is 0 Å². The second-order valence-corrected chi connectivity index (χ2v) is 3.23. The maximum Gasteiger partial charge on any atom is 0.416 e. The van der Waals surface area contributed by atoms with Gasteiger partial charge in [-0.15, -0.1) is 0 Å². The molecule has 0 unspecified atom stereocenters. The molecule has 94 valence electrons. The lowest BCUT2D eigenvalue weighted by Gasteiger charge is -2.12. The first kappa shape index (κ1) is 13.5. The Balaban J connectivity index is 3.39. The van der Waals surface area contributed by atoms with Gasteiger partial charge in [-0.3, -0.25) is 4.99 Å². The van der Waals surface area contributed by atoms with Crippen LogP contribution >= 0.6 is 0 Å². The summed E-state index contributed by atoms with van der Waals surface area (Å²) < 4.78 is 74.2. The molecule has 0 saturated heterocycles. The minimum atomic E-state index is -4.82. The highest BCUT2D eigenvalue weighted by Crippen LogP contribution is 2.35. The smallest absolute Gasteiger partial charge is 0.296 e. The van der Waals surface area contributed by atoms with Crippen LogP contribution in [0.15, 0.2) is 23.2 Å². The molecule has 0 atom stereocenters. The highest BCUT2D eigenvalue weighted by atomic mass is 19.4. The van der Waals surface area contributed by atoms with Crippen molar-refractivity contribution in [3.63, 3.8) is 0 Å². The predicted molar refractivity (Wildman–Crippen MR) is 50.0 cm³/mol. The van der Waals surface area contributed by atoms with E-state index in [1.165, 1.54) is 7.05 Å². The van der Waals surface area contributed by atoms with E-state index in [0.717, 1.165) is 6.21 Å². The number of halogens is 6. The Morgan fingerprint density at radius 1 is 0.882 bits per heavy atom. The van der Waals surface area contributed by atoms with Gasteiger partial charge in [-0.25, -0.2) is 0 Å². The molecule has 0 aliphatic heterocycles. The number of aliphatic imine (C=N–C) groups is 1. The fourth-order valence-electron chi connectivity index (χ4n) is 1.20. The van der Waals surface area contributed by atoms with Crippen molar-refractivity contribution in [2.45, 2.75) is 12.4 Å². The van der Waals surface area contributed by atoms with Crippen LogP contribution in [0.25, 0.3) is 0 Å². The molecule has 7 heteroatoms. The number of hydrogen-bond donors (Lipinski definition) is 0. The summed E-state index contributed by atoms with van der Waals surface area (Å²) in [5, 5.41) is 0. The highest BCUT2D eigenvalue weighted by molar-refractivity contribution is 5.80. The van der Waals surface area contributed by atoms with E-state index in [4.69, 9.17) is 0 Å². The van der Waals surface area contributed by atoms with Crippen LogP contribution in [0.4, 0.5) is 26.3 Å². The van der Waals surface area contributed by atoms with Gasteiger partial charge in [0.25, 0.3) is 0 Å². The molecule has 0 aromatic heterocycles. The van der Waals surface area contributed by atoms with Gasteiger partial charge in [0.1, 0.15) is 0 Å². The van der Waals surface area contributed by atoms with Crippen molar-refractivity contribution >= 4 is 6.21 Å². The molecule has 17 heavy (non-hydrogen) atoms. The van der Waals surface area contributed by atoms with E-state index in [0.29, 0.717) is 12.1 Å². The number of benzene rings is 1. The molecule has 0 aliphatic carbocycles. The van der Waals surface area contributed by atoms with Crippen molar-refractivity contribution in [1.82, 2.24) is 0 Å². The molecule has 1 aromatic rings. The lowest BCUT2D eigenvalue weighted by atomic mass is 10.1. The second-order valence-electron chi connectivity index (χ2n) is 3.23. The Bertz CT molecular complexity index is 397. The maximum atomic E-state index is 12.4. The molecule has 1 aromatic carbocycles. The van der Waals surface area contributed by atoms with Gasteiger partial charge in [-0.05, 0) is 23.8 Å². The van der Waals surface area contributed by atoms with Gasteiger partial charge < -0.3 is 0 Å². The van der Waals surface area contributed by atoms with Crippen LogP contribution in [-0.4, -0.2) is 13.3 Å². The molecule has 0 aliphatic rings. The lowest BCUT2D eigenvalue weighted by Crippen LogP contribution is -2.11. The van der Waals surface area contributed by atoms with Crippen LogP contribution in [0.3, 0.4) is 0 Å². The summed E-state index contributed by atoms with van der Waals surface area (Å²) in [5.74, 6) is 0. The average Bonchev–Trinajstić information content (AvgIpc) is 2.15. The number of hydrogen-bond acceptors (Lipinski definition) is 1. The van der Waals surface area contributed by atoms with E-state index in [1.807, 2.05) is 0 Å². The fourth-order valence-corrected chi connectivity index (χ4v) is 1.20. The summed E-state index contributed by atoms with van der Waals surface area (Å²) in [6.07, 6.45) is -8.71. The summed E-state index contributed by atoms with van der Waals surface area (Å²) >= 11 is 0. The van der Waals surface area contributed by atoms with Gasteiger partial charge in [-0.1, -0.05) is 0 Å². The Morgan fingerprint density at radius 3 is 1.59 bits per heavy atom. The molecular weight excluding hydrogens is 248 g/mol. The Morgan fingerprint density at radius 2 is 1.29 bits per heavy atom. The normalized spacial score (nSPS) is 13.4. The zero-order valence-electron chi connectivity index (χ0n) is 8.52.